The molecule has 0 radical (unpaired) electrons. The minimum Gasteiger partial charge on any atom is -0.496 e. The second kappa shape index (κ2) is 8.91. The summed E-state index contributed by atoms with van der Waals surface area (Å²) in [5.74, 6) is 1.53. The van der Waals surface area contributed by atoms with E-state index in [1.54, 1.807) is 20.2 Å². The number of halogens is 1. The first-order valence-corrected chi connectivity index (χ1v) is 9.49. The first-order valence-electron chi connectivity index (χ1n) is 9.49. The molecule has 28 heavy (non-hydrogen) atoms. The topological polar surface area (TPSA) is 53.0 Å². The third kappa shape index (κ3) is 4.18. The van der Waals surface area contributed by atoms with Gasteiger partial charge in [0.25, 0.3) is 0 Å². The Hall–Kier alpha value is -2.83. The summed E-state index contributed by atoms with van der Waals surface area (Å²) < 4.78 is 19.5. The standard InChI is InChI=1S/C21H28FN5O/c1-15-13-24-18(16(2)20(15)28-4)14-25-21(23-3)27-11-9-26(10-12-27)19-8-6-5-7-17(19)22/h5-8,13H,9-12,14H2,1-4H3,(H,23,25). The molecule has 3 rings (SSSR count). The number of nitrogens with one attached hydrogen (secondary N) is 1. The van der Waals surface area contributed by atoms with Crippen molar-refractivity contribution in [1.29, 1.82) is 0 Å². The Balaban J connectivity index is 1.61. The van der Waals surface area contributed by atoms with E-state index in [0.29, 0.717) is 12.2 Å². The van der Waals surface area contributed by atoms with Gasteiger partial charge in [0.05, 0.1) is 25.0 Å². The molecule has 7 heteroatoms. The van der Waals surface area contributed by atoms with Gasteiger partial charge in [-0.3, -0.25) is 9.98 Å². The largest absolute Gasteiger partial charge is 0.496 e. The summed E-state index contributed by atoms with van der Waals surface area (Å²) in [6.45, 7) is 7.63. The number of aliphatic imine (C=N–C) groups is 1. The van der Waals surface area contributed by atoms with Gasteiger partial charge in [-0.25, -0.2) is 4.39 Å². The summed E-state index contributed by atoms with van der Waals surface area (Å²) in [5, 5.41) is 3.40. The van der Waals surface area contributed by atoms with Crippen LogP contribution < -0.4 is 15.0 Å². The zero-order valence-electron chi connectivity index (χ0n) is 17.0. The summed E-state index contributed by atoms with van der Waals surface area (Å²) in [7, 11) is 3.46. The molecular formula is C21H28FN5O. The lowest BCUT2D eigenvalue weighted by molar-refractivity contribution is 0.370. The molecule has 0 bridgehead atoms. The molecule has 150 valence electrons. The number of guanidine groups is 1. The van der Waals surface area contributed by atoms with E-state index in [0.717, 1.165) is 54.7 Å². The molecule has 2 aromatic rings. The fraction of sp³-hybridized carbons (Fsp3) is 0.429. The van der Waals surface area contributed by atoms with Crippen LogP contribution in [0.2, 0.25) is 0 Å². The molecule has 0 unspecified atom stereocenters. The fourth-order valence-electron chi connectivity index (χ4n) is 3.61. The van der Waals surface area contributed by atoms with Crippen LogP contribution in [-0.2, 0) is 6.54 Å². The van der Waals surface area contributed by atoms with E-state index in [1.165, 1.54) is 6.07 Å². The molecule has 1 fully saturated rings. The van der Waals surface area contributed by atoms with Crippen LogP contribution in [0.5, 0.6) is 5.75 Å². The van der Waals surface area contributed by atoms with Gasteiger partial charge >= 0.3 is 0 Å². The van der Waals surface area contributed by atoms with Crippen LogP contribution in [0.4, 0.5) is 10.1 Å². The highest BCUT2D eigenvalue weighted by molar-refractivity contribution is 5.80. The van der Waals surface area contributed by atoms with Crippen molar-refractivity contribution in [1.82, 2.24) is 15.2 Å². The lowest BCUT2D eigenvalue weighted by atomic mass is 10.1. The van der Waals surface area contributed by atoms with Gasteiger partial charge in [-0.2, -0.15) is 0 Å². The Bertz CT molecular complexity index is 847. The van der Waals surface area contributed by atoms with Gasteiger partial charge in [-0.05, 0) is 26.0 Å². The van der Waals surface area contributed by atoms with Crippen LogP contribution in [0, 0.1) is 19.7 Å². The van der Waals surface area contributed by atoms with E-state index < -0.39 is 0 Å². The average molecular weight is 385 g/mol. The van der Waals surface area contributed by atoms with Crippen molar-refractivity contribution in [3.05, 3.63) is 53.1 Å². The van der Waals surface area contributed by atoms with Gasteiger partial charge in [0, 0.05) is 50.6 Å². The molecule has 1 aromatic heterocycles. The number of benzene rings is 1. The molecular weight excluding hydrogens is 357 g/mol. The monoisotopic (exact) mass is 385 g/mol. The smallest absolute Gasteiger partial charge is 0.194 e. The number of methoxy groups -OCH3 is 1. The maximum atomic E-state index is 14.0. The molecule has 0 atom stereocenters. The maximum Gasteiger partial charge on any atom is 0.194 e. The number of hydrogen-bond acceptors (Lipinski definition) is 4. The Morgan fingerprint density at radius 2 is 1.93 bits per heavy atom. The Morgan fingerprint density at radius 1 is 1.21 bits per heavy atom. The van der Waals surface area contributed by atoms with Crippen molar-refractivity contribution in [3.8, 4) is 5.75 Å². The number of aryl methyl sites for hydroxylation is 1. The Labute approximate surface area is 166 Å². The number of piperazine rings is 1. The molecule has 2 heterocycles. The predicted octanol–water partition coefficient (Wildman–Crippen LogP) is 2.74. The summed E-state index contributed by atoms with van der Waals surface area (Å²) in [6, 6.07) is 6.93. The quantitative estimate of drug-likeness (QED) is 0.648. The van der Waals surface area contributed by atoms with Gasteiger partial charge in [0.1, 0.15) is 11.6 Å². The first kappa shape index (κ1) is 19.9. The third-order valence-electron chi connectivity index (χ3n) is 5.15. The number of rotatable bonds is 4. The van der Waals surface area contributed by atoms with Gasteiger partial charge in [0.15, 0.2) is 5.96 Å². The van der Waals surface area contributed by atoms with E-state index in [4.69, 9.17) is 4.74 Å². The van der Waals surface area contributed by atoms with E-state index in [1.807, 2.05) is 32.2 Å². The zero-order valence-corrected chi connectivity index (χ0v) is 17.0. The number of anilines is 1. The predicted molar refractivity (Wildman–Crippen MR) is 111 cm³/mol. The first-order chi connectivity index (χ1) is 13.5. The molecule has 1 saturated heterocycles. The highest BCUT2D eigenvalue weighted by Gasteiger charge is 2.21. The third-order valence-corrected chi connectivity index (χ3v) is 5.15. The molecule has 1 aliphatic rings. The second-order valence-electron chi connectivity index (χ2n) is 6.87. The summed E-state index contributed by atoms with van der Waals surface area (Å²) >= 11 is 0. The number of hydrogen-bond donors (Lipinski definition) is 1. The van der Waals surface area contributed by atoms with Gasteiger partial charge in [-0.1, -0.05) is 12.1 Å². The summed E-state index contributed by atoms with van der Waals surface area (Å²) in [6.07, 6.45) is 1.83. The number of aromatic nitrogens is 1. The van der Waals surface area contributed by atoms with E-state index in [9.17, 15) is 4.39 Å². The lowest BCUT2D eigenvalue weighted by Crippen LogP contribution is -2.52. The molecule has 0 aliphatic carbocycles. The average Bonchev–Trinajstić information content (AvgIpc) is 2.71. The zero-order chi connectivity index (χ0) is 20.1. The summed E-state index contributed by atoms with van der Waals surface area (Å²) in [4.78, 5) is 13.2. The lowest BCUT2D eigenvalue weighted by Gasteiger charge is -2.37. The molecule has 1 aliphatic heterocycles. The van der Waals surface area contributed by atoms with Crippen molar-refractivity contribution >= 4 is 11.6 Å². The Morgan fingerprint density at radius 3 is 2.57 bits per heavy atom. The molecule has 0 amide bonds. The number of nitrogens with zero attached hydrogens (tertiary/aromatic N) is 4. The van der Waals surface area contributed by atoms with Crippen LogP contribution in [0.15, 0.2) is 35.5 Å². The van der Waals surface area contributed by atoms with Crippen molar-refractivity contribution in [2.24, 2.45) is 4.99 Å². The number of ether oxygens (including phenoxy) is 1. The minimum atomic E-state index is -0.173. The van der Waals surface area contributed by atoms with Crippen LogP contribution in [0.1, 0.15) is 16.8 Å². The highest BCUT2D eigenvalue weighted by Crippen LogP contribution is 2.24. The van der Waals surface area contributed by atoms with Crippen LogP contribution in [0.25, 0.3) is 0 Å². The SMILES string of the molecule is CN=C(NCc1ncc(C)c(OC)c1C)N1CCN(c2ccccc2F)CC1. The van der Waals surface area contributed by atoms with Crippen LogP contribution >= 0.6 is 0 Å². The van der Waals surface area contributed by atoms with Crippen LogP contribution in [0.3, 0.4) is 0 Å². The van der Waals surface area contributed by atoms with Crippen molar-refractivity contribution in [2.75, 3.05) is 45.2 Å². The van der Waals surface area contributed by atoms with Crippen molar-refractivity contribution < 1.29 is 9.13 Å². The molecule has 6 nitrogen and oxygen atoms in total. The molecule has 0 spiro atoms. The molecule has 1 N–H and O–H groups in total. The van der Waals surface area contributed by atoms with Gasteiger partial charge in [0.2, 0.25) is 0 Å². The maximum absolute atomic E-state index is 14.0. The van der Waals surface area contributed by atoms with Crippen molar-refractivity contribution in [2.45, 2.75) is 20.4 Å². The minimum absolute atomic E-state index is 0.173. The van der Waals surface area contributed by atoms with E-state index in [2.05, 4.69) is 25.1 Å². The fourth-order valence-corrected chi connectivity index (χ4v) is 3.61. The van der Waals surface area contributed by atoms with Crippen molar-refractivity contribution in [3.63, 3.8) is 0 Å². The molecule has 0 saturated carbocycles. The van der Waals surface area contributed by atoms with E-state index >= 15 is 0 Å². The second-order valence-corrected chi connectivity index (χ2v) is 6.87. The van der Waals surface area contributed by atoms with Gasteiger partial charge in [-0.15, -0.1) is 0 Å². The highest BCUT2D eigenvalue weighted by atomic mass is 19.1. The number of pyridine rings is 1. The summed E-state index contributed by atoms with van der Waals surface area (Å²) in [5.41, 5.74) is 3.66. The normalized spacial score (nSPS) is 15.0. The van der Waals surface area contributed by atoms with E-state index in [-0.39, 0.29) is 5.82 Å². The number of para-hydroxylation sites is 1. The van der Waals surface area contributed by atoms with Gasteiger partial charge < -0.3 is 19.9 Å². The Kier molecular flexibility index (Phi) is 6.34. The molecule has 1 aromatic carbocycles. The van der Waals surface area contributed by atoms with Crippen LogP contribution in [-0.4, -0.2) is 56.2 Å².